The van der Waals surface area contributed by atoms with E-state index in [2.05, 4.69) is 204 Å². The quantitative estimate of drug-likeness (QED) is 0.159. The number of benzene rings is 10. The molecule has 0 saturated carbocycles. The lowest BCUT2D eigenvalue weighted by atomic mass is 9.91. The van der Waals surface area contributed by atoms with Gasteiger partial charge in [0.05, 0.1) is 0 Å². The van der Waals surface area contributed by atoms with E-state index < -0.39 is 0 Å². The smallest absolute Gasteiger partial charge is 0.0332 e. The molecule has 0 aliphatic rings. The average molecular weight is 688 g/mol. The molecule has 10 rings (SSSR count). The van der Waals surface area contributed by atoms with Crippen LogP contribution in [0.2, 0.25) is 0 Å². The number of hydrogen-bond donors (Lipinski definition) is 0. The van der Waals surface area contributed by atoms with E-state index in [0.29, 0.717) is 0 Å². The molecule has 0 spiro atoms. The van der Waals surface area contributed by atoms with E-state index in [0.717, 1.165) is 0 Å². The van der Waals surface area contributed by atoms with Crippen LogP contribution in [-0.4, -0.2) is 0 Å². The molecule has 230 valence electrons. The first-order valence-electron chi connectivity index (χ1n) is 16.7. The second kappa shape index (κ2) is 12.4. The Hall–Kier alpha value is -5.76. The van der Waals surface area contributed by atoms with Crippen molar-refractivity contribution in [2.45, 2.75) is 0 Å². The van der Waals surface area contributed by atoms with Crippen LogP contribution >= 0.6 is 15.9 Å². The summed E-state index contributed by atoms with van der Waals surface area (Å²) in [5.41, 5.74) is 5.18. The Morgan fingerprint density at radius 3 is 1.02 bits per heavy atom. The maximum absolute atomic E-state index is 3.83. The van der Waals surface area contributed by atoms with Gasteiger partial charge in [-0.05, 0) is 121 Å². The lowest BCUT2D eigenvalue weighted by molar-refractivity contribution is 1.69. The average Bonchev–Trinajstić information content (AvgIpc) is 3.17. The van der Waals surface area contributed by atoms with Crippen molar-refractivity contribution in [1.29, 1.82) is 0 Å². The molecule has 0 bridgehead atoms. The highest BCUT2D eigenvalue weighted by atomic mass is 79.9. The monoisotopic (exact) mass is 686 g/mol. The van der Waals surface area contributed by atoms with Gasteiger partial charge in [-0.3, -0.25) is 0 Å². The summed E-state index contributed by atoms with van der Waals surface area (Å²) in [4.78, 5) is 0. The largest absolute Gasteiger partial charge is 0.0616 e. The summed E-state index contributed by atoms with van der Waals surface area (Å²) in [5.74, 6) is 0. The van der Waals surface area contributed by atoms with Crippen molar-refractivity contribution in [2.24, 2.45) is 0 Å². The first-order valence-corrected chi connectivity index (χ1v) is 17.5. The molecule has 0 N–H and O–H groups in total. The molecular formula is C48H31Br. The Morgan fingerprint density at radius 2 is 0.571 bits per heavy atom. The number of fused-ring (bicyclic) bond motifs is 6. The third kappa shape index (κ3) is 5.24. The van der Waals surface area contributed by atoms with Gasteiger partial charge < -0.3 is 0 Å². The zero-order valence-corrected chi connectivity index (χ0v) is 28.4. The molecule has 1 heteroatoms. The molecular weight excluding hydrogens is 656 g/mol. The van der Waals surface area contributed by atoms with Crippen LogP contribution < -0.4 is 0 Å². The maximum Gasteiger partial charge on any atom is 0.0332 e. The fourth-order valence-electron chi connectivity index (χ4n) is 7.40. The predicted molar refractivity (Wildman–Crippen MR) is 216 cm³/mol. The van der Waals surface area contributed by atoms with Crippen molar-refractivity contribution in [3.63, 3.8) is 0 Å². The summed E-state index contributed by atoms with van der Waals surface area (Å²) in [6.07, 6.45) is 0. The lowest BCUT2D eigenvalue weighted by Crippen LogP contribution is -1.87. The van der Waals surface area contributed by atoms with Crippen molar-refractivity contribution in [3.8, 4) is 22.3 Å². The van der Waals surface area contributed by atoms with Gasteiger partial charge in [-0.15, -0.1) is 0 Å². The fraction of sp³-hybridized carbons (Fsp3) is 0. The summed E-state index contributed by atoms with van der Waals surface area (Å²) < 4.78 is 1.17. The minimum Gasteiger partial charge on any atom is -0.0616 e. The summed E-state index contributed by atoms with van der Waals surface area (Å²) in [7, 11) is 0. The molecule has 10 aromatic rings. The van der Waals surface area contributed by atoms with E-state index >= 15 is 0 Å². The van der Waals surface area contributed by atoms with Gasteiger partial charge in [-0.25, -0.2) is 0 Å². The zero-order valence-electron chi connectivity index (χ0n) is 26.8. The van der Waals surface area contributed by atoms with E-state index in [1.807, 2.05) is 0 Å². The molecule has 49 heavy (non-hydrogen) atoms. The highest BCUT2D eigenvalue weighted by molar-refractivity contribution is 9.10. The molecule has 10 aromatic carbocycles. The van der Waals surface area contributed by atoms with Crippen LogP contribution in [0.15, 0.2) is 193 Å². The topological polar surface area (TPSA) is 0 Å². The standard InChI is InChI=1S/C24H15Br.C24H16/c25-24-21-11-5-3-9-19(21)23(20-10-4-6-12-22(20)24)18-14-13-16-7-1-2-8-17(16)15-18;1-2-8-18-15-21(14-13-17(18)7-1)24-22-11-5-3-9-19(22)16-20-10-4-6-12-23(20)24/h1-15H;1-16H. The second-order valence-electron chi connectivity index (χ2n) is 12.6. The highest BCUT2D eigenvalue weighted by Crippen LogP contribution is 2.42. The van der Waals surface area contributed by atoms with E-state index in [-0.39, 0.29) is 0 Å². The summed E-state index contributed by atoms with van der Waals surface area (Å²) in [6.45, 7) is 0. The van der Waals surface area contributed by atoms with Crippen LogP contribution in [0.25, 0.3) is 86.9 Å². The third-order valence-electron chi connectivity index (χ3n) is 9.71. The van der Waals surface area contributed by atoms with Gasteiger partial charge in [0.15, 0.2) is 0 Å². The molecule has 0 heterocycles. The molecule has 0 aliphatic heterocycles. The zero-order chi connectivity index (χ0) is 32.7. The SMILES string of the molecule is Brc1c2ccccc2c(-c2ccc3ccccc3c2)c2ccccc12.c1ccc2cc(-c3c4ccccc4cc4ccccc34)ccc2c1. The predicted octanol–water partition coefficient (Wildman–Crippen LogP) is 14.4. The van der Waals surface area contributed by atoms with Crippen LogP contribution in [0.1, 0.15) is 0 Å². The lowest BCUT2D eigenvalue weighted by Gasteiger charge is -2.15. The third-order valence-corrected chi connectivity index (χ3v) is 10.6. The number of hydrogen-bond acceptors (Lipinski definition) is 0. The van der Waals surface area contributed by atoms with Gasteiger partial charge in [0.25, 0.3) is 0 Å². The summed E-state index contributed by atoms with van der Waals surface area (Å²) in [6, 6.07) is 67.5. The van der Waals surface area contributed by atoms with Gasteiger partial charge >= 0.3 is 0 Å². The minimum absolute atomic E-state index is 1.17. The van der Waals surface area contributed by atoms with Crippen molar-refractivity contribution < 1.29 is 0 Å². The van der Waals surface area contributed by atoms with Crippen molar-refractivity contribution in [3.05, 3.63) is 193 Å². The molecule has 0 amide bonds. The number of rotatable bonds is 2. The number of halogens is 1. The van der Waals surface area contributed by atoms with Crippen molar-refractivity contribution in [2.75, 3.05) is 0 Å². The van der Waals surface area contributed by atoms with E-state index in [1.165, 1.54) is 91.4 Å². The minimum atomic E-state index is 1.17. The summed E-state index contributed by atoms with van der Waals surface area (Å²) >= 11 is 3.83. The second-order valence-corrected chi connectivity index (χ2v) is 13.4. The van der Waals surface area contributed by atoms with Crippen LogP contribution in [0, 0.1) is 0 Å². The van der Waals surface area contributed by atoms with Gasteiger partial charge in [0, 0.05) is 4.47 Å². The molecule has 0 aromatic heterocycles. The molecule has 0 aliphatic carbocycles. The van der Waals surface area contributed by atoms with Crippen LogP contribution in [0.4, 0.5) is 0 Å². The molecule has 0 radical (unpaired) electrons. The Labute approximate surface area is 294 Å². The Bertz CT molecular complexity index is 2730. The first kappa shape index (κ1) is 29.4. The molecule has 0 nitrogen and oxygen atoms in total. The van der Waals surface area contributed by atoms with E-state index in [4.69, 9.17) is 0 Å². The van der Waals surface area contributed by atoms with Crippen LogP contribution in [-0.2, 0) is 0 Å². The highest BCUT2D eigenvalue weighted by Gasteiger charge is 2.14. The molecule has 0 fully saturated rings. The van der Waals surface area contributed by atoms with Crippen LogP contribution in [0.5, 0.6) is 0 Å². The normalized spacial score (nSPS) is 11.4. The summed E-state index contributed by atoms with van der Waals surface area (Å²) in [5, 5.41) is 15.4. The Kier molecular flexibility index (Phi) is 7.41. The Morgan fingerprint density at radius 1 is 0.245 bits per heavy atom. The van der Waals surface area contributed by atoms with Gasteiger partial charge in [0.2, 0.25) is 0 Å². The van der Waals surface area contributed by atoms with Gasteiger partial charge in [-0.1, -0.05) is 170 Å². The fourth-order valence-corrected chi connectivity index (χ4v) is 8.09. The van der Waals surface area contributed by atoms with E-state index in [1.54, 1.807) is 0 Å². The Balaban J connectivity index is 0.000000133. The molecule has 0 atom stereocenters. The van der Waals surface area contributed by atoms with Crippen molar-refractivity contribution in [1.82, 2.24) is 0 Å². The molecule has 0 unspecified atom stereocenters. The van der Waals surface area contributed by atoms with Crippen molar-refractivity contribution >= 4 is 80.6 Å². The maximum atomic E-state index is 3.83. The van der Waals surface area contributed by atoms with Gasteiger partial charge in [-0.2, -0.15) is 0 Å². The molecule has 0 saturated heterocycles. The van der Waals surface area contributed by atoms with Gasteiger partial charge in [0.1, 0.15) is 0 Å². The first-order chi connectivity index (χ1) is 24.2. The van der Waals surface area contributed by atoms with E-state index in [9.17, 15) is 0 Å². The van der Waals surface area contributed by atoms with Crippen LogP contribution in [0.3, 0.4) is 0 Å².